The maximum atomic E-state index is 14.4. The van der Waals surface area contributed by atoms with Gasteiger partial charge in [-0.15, -0.1) is 21.6 Å². The highest BCUT2D eigenvalue weighted by molar-refractivity contribution is 7.91. The van der Waals surface area contributed by atoms with Gasteiger partial charge in [0.1, 0.15) is 17.6 Å². The van der Waals surface area contributed by atoms with Crippen molar-refractivity contribution in [2.45, 2.75) is 101 Å². The van der Waals surface area contributed by atoms with Gasteiger partial charge in [-0.25, -0.2) is 13.2 Å². The molecule has 15 nitrogen and oxygen atoms in total. The Morgan fingerprint density at radius 1 is 1.16 bits per heavy atom. The minimum absolute atomic E-state index is 0.0338. The smallest absolute Gasteiger partial charge is 0.407 e. The molecule has 3 N–H and O–H groups in total. The van der Waals surface area contributed by atoms with Crippen LogP contribution >= 0.6 is 0 Å². The van der Waals surface area contributed by atoms with Crippen LogP contribution in [0.3, 0.4) is 0 Å². The summed E-state index contributed by atoms with van der Waals surface area (Å²) in [5.41, 5.74) is -0.492. The molecule has 3 heterocycles. The minimum atomic E-state index is -3.88. The lowest BCUT2D eigenvalue weighted by Gasteiger charge is -2.35. The number of amides is 4. The molecule has 1 saturated heterocycles. The lowest BCUT2D eigenvalue weighted by molar-refractivity contribution is -0.142. The number of rotatable bonds is 6. The average Bonchev–Trinajstić information content (AvgIpc) is 3.92. The van der Waals surface area contributed by atoms with Gasteiger partial charge in [-0.2, -0.15) is 0 Å². The van der Waals surface area contributed by atoms with Crippen molar-refractivity contribution in [3.63, 3.8) is 0 Å². The third kappa shape index (κ3) is 7.33. The number of fused-ring (bicyclic) bond motifs is 8. The molecule has 4 amide bonds. The van der Waals surface area contributed by atoms with Crippen molar-refractivity contribution >= 4 is 33.8 Å². The minimum Gasteiger partial charge on any atom is -0.450 e. The van der Waals surface area contributed by atoms with Crippen LogP contribution in [0.2, 0.25) is 0 Å². The Kier molecular flexibility index (Phi) is 9.28. The zero-order valence-corrected chi connectivity index (χ0v) is 28.9. The van der Waals surface area contributed by atoms with Crippen LogP contribution in [-0.2, 0) is 35.6 Å². The van der Waals surface area contributed by atoms with Gasteiger partial charge in [-0.1, -0.05) is 39.0 Å². The summed E-state index contributed by atoms with van der Waals surface area (Å²) in [6.45, 7) is 9.38. The molecule has 4 aliphatic rings. The van der Waals surface area contributed by atoms with E-state index in [1.165, 1.54) is 15.8 Å². The van der Waals surface area contributed by atoms with Crippen molar-refractivity contribution < 1.29 is 32.3 Å². The van der Waals surface area contributed by atoms with Gasteiger partial charge in [0.2, 0.25) is 21.8 Å². The molecule has 5 atom stereocenters. The van der Waals surface area contributed by atoms with E-state index in [-0.39, 0.29) is 26.0 Å². The number of alkyl carbamates (subject to hydrolysis) is 1. The molecule has 2 saturated carbocycles. The highest BCUT2D eigenvalue weighted by Gasteiger charge is 2.62. The molecule has 1 aromatic carbocycles. The summed E-state index contributed by atoms with van der Waals surface area (Å²) in [5, 5.41) is 18.1. The summed E-state index contributed by atoms with van der Waals surface area (Å²) in [6, 6.07) is 5.63. The normalized spacial score (nSPS) is 27.9. The number of cyclic esters (lactones) is 1. The van der Waals surface area contributed by atoms with E-state index in [4.69, 9.17) is 4.74 Å². The number of hydrogen-bond donors (Lipinski definition) is 3. The molecule has 16 heteroatoms. The zero-order valence-electron chi connectivity index (χ0n) is 28.1. The fraction of sp³-hybridized carbons (Fsp3) is 0.606. The Morgan fingerprint density at radius 3 is 2.63 bits per heavy atom. The lowest BCUT2D eigenvalue weighted by atomic mass is 9.85. The van der Waals surface area contributed by atoms with Crippen LogP contribution in [-0.4, -0.2) is 93.4 Å². The van der Waals surface area contributed by atoms with Crippen LogP contribution in [0.5, 0.6) is 0 Å². The lowest BCUT2D eigenvalue weighted by Crippen LogP contribution is -2.60. The van der Waals surface area contributed by atoms with Crippen LogP contribution in [0.1, 0.15) is 83.0 Å². The molecule has 2 aliphatic carbocycles. The van der Waals surface area contributed by atoms with Gasteiger partial charge in [-0.3, -0.25) is 19.1 Å². The molecular formula is C33H44N8O7S. The number of ether oxygens (including phenoxy) is 1. The number of aryl methyl sites for hydroxylation is 1. The molecule has 49 heavy (non-hydrogen) atoms. The highest BCUT2D eigenvalue weighted by Crippen LogP contribution is 2.46. The maximum Gasteiger partial charge on any atom is 0.407 e. The van der Waals surface area contributed by atoms with Crippen LogP contribution < -0.4 is 15.4 Å². The third-order valence-electron chi connectivity index (χ3n) is 9.79. The van der Waals surface area contributed by atoms with Crippen molar-refractivity contribution in [3.05, 3.63) is 48.3 Å². The zero-order chi connectivity index (χ0) is 35.1. The van der Waals surface area contributed by atoms with Crippen molar-refractivity contribution in [2.75, 3.05) is 13.2 Å². The number of hydrogen-bond acceptors (Lipinski definition) is 10. The first-order valence-electron chi connectivity index (χ1n) is 16.9. The number of carbonyl (C=O) groups excluding carboxylic acids is 4. The van der Waals surface area contributed by atoms with E-state index in [0.717, 1.165) is 30.5 Å². The van der Waals surface area contributed by atoms with E-state index >= 15 is 0 Å². The van der Waals surface area contributed by atoms with Crippen molar-refractivity contribution in [1.82, 2.24) is 40.5 Å². The Hall–Kier alpha value is -4.34. The molecule has 3 fully saturated rings. The molecular weight excluding hydrogens is 652 g/mol. The second kappa shape index (κ2) is 13.2. The molecule has 0 unspecified atom stereocenters. The van der Waals surface area contributed by atoms with Gasteiger partial charge < -0.3 is 20.3 Å². The number of aromatic nitrogens is 4. The first-order chi connectivity index (χ1) is 23.2. The first-order valence-corrected chi connectivity index (χ1v) is 18.4. The van der Waals surface area contributed by atoms with Crippen molar-refractivity contribution in [1.29, 1.82) is 0 Å². The third-order valence-corrected chi connectivity index (χ3v) is 11.6. The summed E-state index contributed by atoms with van der Waals surface area (Å²) < 4.78 is 32.9. The van der Waals surface area contributed by atoms with E-state index in [1.807, 2.05) is 24.3 Å². The van der Waals surface area contributed by atoms with Crippen LogP contribution in [0, 0.1) is 11.3 Å². The van der Waals surface area contributed by atoms with Crippen molar-refractivity contribution in [2.24, 2.45) is 11.3 Å². The Bertz CT molecular complexity index is 1750. The van der Waals surface area contributed by atoms with Crippen LogP contribution in [0.15, 0.2) is 36.9 Å². The second-order valence-electron chi connectivity index (χ2n) is 14.6. The molecule has 2 aromatic rings. The summed E-state index contributed by atoms with van der Waals surface area (Å²) in [6.07, 6.45) is 5.14. The van der Waals surface area contributed by atoms with Crippen LogP contribution in [0.4, 0.5) is 4.79 Å². The number of sulfonamides is 1. The molecule has 2 aliphatic heterocycles. The fourth-order valence-corrected chi connectivity index (χ4v) is 7.98. The molecule has 264 valence electrons. The number of carbonyl (C=O) groups is 4. The summed E-state index contributed by atoms with van der Waals surface area (Å²) in [5.74, 6) is -2.68. The summed E-state index contributed by atoms with van der Waals surface area (Å²) in [7, 11) is -3.88. The number of tetrazole rings is 1. The van der Waals surface area contributed by atoms with E-state index in [0.29, 0.717) is 25.1 Å². The molecule has 0 spiro atoms. The first kappa shape index (κ1) is 34.5. The number of nitrogens with zero attached hydrogens (tertiary/aromatic N) is 5. The topological polar surface area (TPSA) is 195 Å². The SMILES string of the molecule is C=C[C@@H]1C[C@]1(NC(=O)[C@@H]1C[C@@H]2CN1C(=O)[C@H](C(C)(C)C)NC(=O)OCCCCCc1cccc(c1)-n1nnc2n1)C(=O)NS(=O)(=O)C1CC1. The van der Waals surface area contributed by atoms with Gasteiger partial charge in [0.05, 0.1) is 17.5 Å². The Morgan fingerprint density at radius 2 is 1.94 bits per heavy atom. The van der Waals surface area contributed by atoms with E-state index < -0.39 is 74.0 Å². The predicted molar refractivity (Wildman–Crippen MR) is 177 cm³/mol. The van der Waals surface area contributed by atoms with E-state index in [1.54, 1.807) is 20.8 Å². The number of benzene rings is 1. The Labute approximate surface area is 285 Å². The Balaban J connectivity index is 1.32. The van der Waals surface area contributed by atoms with Gasteiger partial charge in [-0.05, 0) is 79.7 Å². The second-order valence-corrected chi connectivity index (χ2v) is 16.6. The quantitative estimate of drug-likeness (QED) is 0.376. The van der Waals surface area contributed by atoms with Gasteiger partial charge in [0, 0.05) is 18.4 Å². The fourth-order valence-electron chi connectivity index (χ4n) is 6.62. The van der Waals surface area contributed by atoms with Gasteiger partial charge >= 0.3 is 6.09 Å². The van der Waals surface area contributed by atoms with E-state index in [9.17, 15) is 27.6 Å². The largest absolute Gasteiger partial charge is 0.450 e. The van der Waals surface area contributed by atoms with E-state index in [2.05, 4.69) is 37.3 Å². The van der Waals surface area contributed by atoms with Crippen molar-refractivity contribution in [3.8, 4) is 5.69 Å². The predicted octanol–water partition coefficient (Wildman–Crippen LogP) is 1.88. The molecule has 6 bridgehead atoms. The highest BCUT2D eigenvalue weighted by atomic mass is 32.2. The average molecular weight is 697 g/mol. The number of nitrogens with one attached hydrogen (secondary N) is 3. The standard InChI is InChI=1S/C33H44N8O7S/c1-5-22-18-33(22,30(44)38-49(46,47)24-13-14-24)35-28(42)25-17-21-19-40(25)29(43)26(32(2,3)4)34-31(45)48-15-8-6-7-10-20-11-9-12-23(16-20)41-37-27(21)36-39-41/h5,9,11-12,16,21-22,24-26H,1,6-8,10,13-15,17-19H2,2-4H3,(H,34,45)(H,35,42)(H,38,44)/t21-,22-,25+,26-,33-/m1/s1. The molecule has 1 aromatic heterocycles. The monoisotopic (exact) mass is 696 g/mol. The molecule has 0 radical (unpaired) electrons. The maximum absolute atomic E-state index is 14.4. The molecule has 6 rings (SSSR count). The summed E-state index contributed by atoms with van der Waals surface area (Å²) >= 11 is 0. The van der Waals surface area contributed by atoms with Crippen LogP contribution in [0.25, 0.3) is 5.69 Å². The van der Waals surface area contributed by atoms with Gasteiger partial charge in [0.15, 0.2) is 5.82 Å². The summed E-state index contributed by atoms with van der Waals surface area (Å²) in [4.78, 5) is 57.7. The van der Waals surface area contributed by atoms with Gasteiger partial charge in [0.25, 0.3) is 5.91 Å².